The SMILES string of the molecule is CCOc1ccccc1NC(=O)[C@H](Sc1cccc[n+]1[O-])c1ccccc1. The van der Waals surface area contributed by atoms with Crippen molar-refractivity contribution in [3.63, 3.8) is 0 Å². The maximum Gasteiger partial charge on any atom is 0.252 e. The van der Waals surface area contributed by atoms with Crippen LogP contribution in [0, 0.1) is 5.21 Å². The third-order valence-electron chi connectivity index (χ3n) is 3.81. The summed E-state index contributed by atoms with van der Waals surface area (Å²) in [5.74, 6) is 0.394. The Hall–Kier alpha value is -2.99. The van der Waals surface area contributed by atoms with Crippen molar-refractivity contribution in [3.05, 3.63) is 89.8 Å². The van der Waals surface area contributed by atoms with E-state index in [2.05, 4.69) is 5.32 Å². The lowest BCUT2D eigenvalue weighted by molar-refractivity contribution is -0.645. The molecule has 0 aliphatic carbocycles. The normalized spacial score (nSPS) is 11.6. The zero-order valence-electron chi connectivity index (χ0n) is 14.9. The number of nitrogens with zero attached hydrogens (tertiary/aromatic N) is 1. The van der Waals surface area contributed by atoms with Gasteiger partial charge >= 0.3 is 0 Å². The van der Waals surface area contributed by atoms with Crippen molar-refractivity contribution in [2.75, 3.05) is 11.9 Å². The number of carbonyl (C=O) groups is 1. The van der Waals surface area contributed by atoms with Crippen LogP contribution in [0.25, 0.3) is 0 Å². The number of pyridine rings is 1. The molecule has 3 rings (SSSR count). The van der Waals surface area contributed by atoms with E-state index < -0.39 is 5.25 Å². The number of para-hydroxylation sites is 2. The fraction of sp³-hybridized carbons (Fsp3) is 0.143. The molecule has 0 saturated carbocycles. The summed E-state index contributed by atoms with van der Waals surface area (Å²) in [5, 5.41) is 14.9. The third-order valence-corrected chi connectivity index (χ3v) is 5.09. The van der Waals surface area contributed by atoms with Gasteiger partial charge in [0.2, 0.25) is 5.91 Å². The monoisotopic (exact) mass is 380 g/mol. The van der Waals surface area contributed by atoms with E-state index in [0.717, 1.165) is 10.3 Å². The summed E-state index contributed by atoms with van der Waals surface area (Å²) < 4.78 is 6.35. The number of hydrogen-bond donors (Lipinski definition) is 1. The Balaban J connectivity index is 1.89. The van der Waals surface area contributed by atoms with E-state index >= 15 is 0 Å². The first kappa shape index (κ1) is 18.8. The van der Waals surface area contributed by atoms with Gasteiger partial charge in [-0.1, -0.05) is 42.5 Å². The number of hydrogen-bond acceptors (Lipinski definition) is 4. The zero-order chi connectivity index (χ0) is 19.1. The van der Waals surface area contributed by atoms with Crippen LogP contribution in [0.1, 0.15) is 17.7 Å². The smallest absolute Gasteiger partial charge is 0.252 e. The number of carbonyl (C=O) groups excluding carboxylic acids is 1. The molecule has 1 aromatic heterocycles. The number of thioether (sulfide) groups is 1. The van der Waals surface area contributed by atoms with E-state index in [4.69, 9.17) is 4.74 Å². The second kappa shape index (κ2) is 9.09. The highest BCUT2D eigenvalue weighted by Crippen LogP contribution is 2.35. The molecule has 1 atom stereocenters. The molecule has 6 heteroatoms. The van der Waals surface area contributed by atoms with Gasteiger partial charge in [-0.25, -0.2) is 0 Å². The van der Waals surface area contributed by atoms with Crippen LogP contribution in [-0.4, -0.2) is 12.5 Å². The summed E-state index contributed by atoms with van der Waals surface area (Å²) in [7, 11) is 0. The number of amides is 1. The largest absolute Gasteiger partial charge is 0.618 e. The second-order valence-corrected chi connectivity index (χ2v) is 6.82. The van der Waals surface area contributed by atoms with Crippen molar-refractivity contribution < 1.29 is 14.3 Å². The molecule has 1 N–H and O–H groups in total. The van der Waals surface area contributed by atoms with Gasteiger partial charge in [0.1, 0.15) is 11.0 Å². The van der Waals surface area contributed by atoms with Crippen molar-refractivity contribution in [1.29, 1.82) is 0 Å². The molecular formula is C21H20N2O3S. The van der Waals surface area contributed by atoms with Crippen LogP contribution >= 0.6 is 11.8 Å². The van der Waals surface area contributed by atoms with E-state index in [9.17, 15) is 10.0 Å². The van der Waals surface area contributed by atoms with Gasteiger partial charge < -0.3 is 15.3 Å². The fourth-order valence-corrected chi connectivity index (χ4v) is 3.60. The molecule has 0 bridgehead atoms. The summed E-state index contributed by atoms with van der Waals surface area (Å²) in [6, 6.07) is 21.8. The van der Waals surface area contributed by atoms with Gasteiger partial charge in [0, 0.05) is 12.1 Å². The Labute approximate surface area is 162 Å². The maximum atomic E-state index is 13.1. The summed E-state index contributed by atoms with van der Waals surface area (Å²) in [6.07, 6.45) is 1.42. The van der Waals surface area contributed by atoms with Crippen LogP contribution < -0.4 is 14.8 Å². The first-order valence-electron chi connectivity index (χ1n) is 8.61. The molecule has 0 unspecified atom stereocenters. The van der Waals surface area contributed by atoms with Crippen molar-refractivity contribution in [3.8, 4) is 5.75 Å². The van der Waals surface area contributed by atoms with E-state index in [1.165, 1.54) is 18.0 Å². The molecule has 138 valence electrons. The number of rotatable bonds is 7. The fourth-order valence-electron chi connectivity index (χ4n) is 2.57. The Morgan fingerprint density at radius 2 is 1.78 bits per heavy atom. The number of nitrogens with one attached hydrogen (secondary N) is 1. The minimum atomic E-state index is -0.580. The predicted octanol–water partition coefficient (Wildman–Crippen LogP) is 4.19. The van der Waals surface area contributed by atoms with Crippen molar-refractivity contribution in [1.82, 2.24) is 0 Å². The standard InChI is InChI=1S/C21H20N2O3S/c1-2-26-18-13-7-6-12-17(18)22-21(24)20(16-10-4-3-5-11-16)27-19-14-8-9-15-23(19)25/h3-15,20H,2H2,1H3,(H,22,24)/t20-/m1/s1. The molecule has 5 nitrogen and oxygen atoms in total. The summed E-state index contributed by atoms with van der Waals surface area (Å²) in [6.45, 7) is 2.40. The Morgan fingerprint density at radius 3 is 2.52 bits per heavy atom. The Morgan fingerprint density at radius 1 is 1.07 bits per heavy atom. The molecule has 0 aliphatic rings. The van der Waals surface area contributed by atoms with Crippen molar-refractivity contribution in [2.24, 2.45) is 0 Å². The highest BCUT2D eigenvalue weighted by Gasteiger charge is 2.26. The van der Waals surface area contributed by atoms with Crippen LogP contribution in [-0.2, 0) is 4.79 Å². The topological polar surface area (TPSA) is 65.3 Å². The van der Waals surface area contributed by atoms with Crippen molar-refractivity contribution >= 4 is 23.4 Å². The minimum absolute atomic E-state index is 0.220. The summed E-state index contributed by atoms with van der Waals surface area (Å²) in [5.41, 5.74) is 1.42. The Kier molecular flexibility index (Phi) is 6.33. The van der Waals surface area contributed by atoms with Gasteiger partial charge in [-0.15, -0.1) is 0 Å². The summed E-state index contributed by atoms with van der Waals surface area (Å²) in [4.78, 5) is 13.1. The minimum Gasteiger partial charge on any atom is -0.618 e. The summed E-state index contributed by atoms with van der Waals surface area (Å²) >= 11 is 1.21. The number of anilines is 1. The third kappa shape index (κ3) is 4.80. The predicted molar refractivity (Wildman–Crippen MR) is 107 cm³/mol. The average Bonchev–Trinajstić information content (AvgIpc) is 2.69. The average molecular weight is 380 g/mol. The maximum absolute atomic E-state index is 13.1. The zero-order valence-corrected chi connectivity index (χ0v) is 15.7. The molecule has 0 saturated heterocycles. The lowest BCUT2D eigenvalue weighted by Gasteiger charge is -2.18. The van der Waals surface area contributed by atoms with E-state index in [0.29, 0.717) is 23.1 Å². The molecule has 1 heterocycles. The van der Waals surface area contributed by atoms with Gasteiger partial charge in [0.25, 0.3) is 5.03 Å². The Bertz CT molecular complexity index is 903. The van der Waals surface area contributed by atoms with Gasteiger partial charge in [-0.3, -0.25) is 4.79 Å². The number of benzene rings is 2. The van der Waals surface area contributed by atoms with Crippen molar-refractivity contribution in [2.45, 2.75) is 17.2 Å². The molecule has 27 heavy (non-hydrogen) atoms. The van der Waals surface area contributed by atoms with Crippen LogP contribution in [0.5, 0.6) is 5.75 Å². The quantitative estimate of drug-likeness (QED) is 0.379. The van der Waals surface area contributed by atoms with Gasteiger partial charge in [0.05, 0.1) is 12.3 Å². The molecule has 3 aromatic rings. The lowest BCUT2D eigenvalue weighted by atomic mass is 10.1. The molecular weight excluding hydrogens is 360 g/mol. The highest BCUT2D eigenvalue weighted by atomic mass is 32.2. The molecule has 0 fully saturated rings. The van der Waals surface area contributed by atoms with Crippen LogP contribution in [0.2, 0.25) is 0 Å². The first-order valence-corrected chi connectivity index (χ1v) is 9.49. The molecule has 2 aromatic carbocycles. The second-order valence-electron chi connectivity index (χ2n) is 5.69. The molecule has 0 spiro atoms. The molecule has 0 aliphatic heterocycles. The van der Waals surface area contributed by atoms with E-state index in [1.54, 1.807) is 24.3 Å². The lowest BCUT2D eigenvalue weighted by Crippen LogP contribution is -2.29. The number of aromatic nitrogens is 1. The van der Waals surface area contributed by atoms with Gasteiger partial charge in [-0.2, -0.15) is 4.73 Å². The van der Waals surface area contributed by atoms with Crippen LogP contribution in [0.4, 0.5) is 5.69 Å². The van der Waals surface area contributed by atoms with Crippen LogP contribution in [0.3, 0.4) is 0 Å². The van der Waals surface area contributed by atoms with Gasteiger partial charge in [0.15, 0.2) is 6.20 Å². The van der Waals surface area contributed by atoms with E-state index in [1.807, 2.05) is 55.5 Å². The number of ether oxygens (including phenoxy) is 1. The first-order chi connectivity index (χ1) is 13.2. The molecule has 0 radical (unpaired) electrons. The van der Waals surface area contributed by atoms with E-state index in [-0.39, 0.29) is 5.91 Å². The molecule has 1 amide bonds. The van der Waals surface area contributed by atoms with Crippen LogP contribution in [0.15, 0.2) is 84.0 Å². The highest BCUT2D eigenvalue weighted by molar-refractivity contribution is 8.00. The van der Waals surface area contributed by atoms with Gasteiger partial charge in [-0.05, 0) is 42.4 Å².